The lowest BCUT2D eigenvalue weighted by atomic mass is 10.4. The van der Waals surface area contributed by atoms with Crippen LogP contribution in [0.2, 0.25) is 51.3 Å². The average Bonchev–Trinajstić information content (AvgIpc) is 1.80. The Bertz CT molecular complexity index is 221. The standard InChI is InChI=1S/C10H24Si2/c1-10(8-11(2,3)4)9-12(5,6)7/h1,8-9H2,2-7H3/i8D2. The van der Waals surface area contributed by atoms with Gasteiger partial charge >= 0.3 is 0 Å². The first kappa shape index (κ1) is 8.76. The summed E-state index contributed by atoms with van der Waals surface area (Å²) in [5.74, 6) is -1.12. The van der Waals surface area contributed by atoms with Crippen LogP contribution in [0.3, 0.4) is 0 Å². The van der Waals surface area contributed by atoms with Gasteiger partial charge in [0.05, 0.1) is 0 Å². The molecule has 0 nitrogen and oxygen atoms in total. The van der Waals surface area contributed by atoms with Crippen molar-refractivity contribution in [2.45, 2.75) is 51.3 Å². The minimum atomic E-state index is -1.79. The summed E-state index contributed by atoms with van der Waals surface area (Å²) in [5.41, 5.74) is 0.829. The van der Waals surface area contributed by atoms with Crippen LogP contribution in [0.4, 0.5) is 0 Å². The smallest absolute Gasteiger partial charge is 0.0482 e. The van der Waals surface area contributed by atoms with Gasteiger partial charge in [0.1, 0.15) is 0 Å². The maximum atomic E-state index is 8.11. The molecular formula is C10H24Si2. The molecule has 0 heterocycles. The molecule has 0 aromatic heterocycles. The fourth-order valence-corrected chi connectivity index (χ4v) is 3.91. The maximum Gasteiger partial charge on any atom is 0.0482 e. The summed E-state index contributed by atoms with van der Waals surface area (Å²) in [7, 11) is -3.02. The Balaban J connectivity index is 4.70. The number of allylic oxidation sites excluding steroid dienone is 1. The molecule has 0 N–H and O–H groups in total. The van der Waals surface area contributed by atoms with E-state index >= 15 is 0 Å². The molecule has 72 valence electrons. The summed E-state index contributed by atoms with van der Waals surface area (Å²) in [6.45, 7) is 17.0. The Hall–Kier alpha value is 0.174. The molecule has 0 saturated carbocycles. The fourth-order valence-electron chi connectivity index (χ4n) is 1.21. The first-order chi connectivity index (χ1) is 5.88. The molecular weight excluding hydrogens is 176 g/mol. The van der Waals surface area contributed by atoms with Gasteiger partial charge in [-0.2, -0.15) is 0 Å². The van der Waals surface area contributed by atoms with Crippen molar-refractivity contribution in [3.05, 3.63) is 12.2 Å². The Morgan fingerprint density at radius 2 is 1.50 bits per heavy atom. The molecule has 0 unspecified atom stereocenters. The molecule has 0 aliphatic rings. The van der Waals surface area contributed by atoms with E-state index in [-0.39, 0.29) is 0 Å². The molecule has 0 bridgehead atoms. The predicted octanol–water partition coefficient (Wildman–Crippen LogP) is 4.22. The van der Waals surface area contributed by atoms with Crippen LogP contribution in [0.25, 0.3) is 0 Å². The third-order valence-corrected chi connectivity index (χ3v) is 3.89. The van der Waals surface area contributed by atoms with E-state index < -0.39 is 22.1 Å². The molecule has 0 spiro atoms. The molecule has 0 aromatic rings. The van der Waals surface area contributed by atoms with Gasteiger partial charge in [-0.05, 0) is 12.0 Å². The van der Waals surface area contributed by atoms with Crippen LogP contribution in [-0.2, 0) is 0 Å². The summed E-state index contributed by atoms with van der Waals surface area (Å²) in [5, 5.41) is 0. The van der Waals surface area contributed by atoms with Crippen molar-refractivity contribution in [3.63, 3.8) is 0 Å². The molecule has 2 heteroatoms. The zero-order valence-electron chi connectivity index (χ0n) is 11.4. The molecule has 12 heavy (non-hydrogen) atoms. The summed E-state index contributed by atoms with van der Waals surface area (Å²) >= 11 is 0. The van der Waals surface area contributed by atoms with Crippen LogP contribution in [0.5, 0.6) is 0 Å². The molecule has 0 aromatic carbocycles. The highest BCUT2D eigenvalue weighted by Crippen LogP contribution is 2.23. The first-order valence-electron chi connectivity index (χ1n) is 5.56. The van der Waals surface area contributed by atoms with Crippen LogP contribution in [-0.4, -0.2) is 16.1 Å². The average molecular weight is 202 g/mol. The van der Waals surface area contributed by atoms with Crippen molar-refractivity contribution < 1.29 is 2.74 Å². The van der Waals surface area contributed by atoms with Crippen molar-refractivity contribution in [3.8, 4) is 0 Å². The van der Waals surface area contributed by atoms with Crippen molar-refractivity contribution in [1.29, 1.82) is 0 Å². The summed E-state index contributed by atoms with van der Waals surface area (Å²) in [6.07, 6.45) is 0. The Labute approximate surface area is 82.9 Å². The Kier molecular flexibility index (Phi) is 2.86. The van der Waals surface area contributed by atoms with Crippen molar-refractivity contribution in [1.82, 2.24) is 0 Å². The molecule has 0 aliphatic heterocycles. The van der Waals surface area contributed by atoms with Crippen molar-refractivity contribution >= 4 is 16.1 Å². The second-order valence-electron chi connectivity index (χ2n) is 5.72. The number of rotatable bonds is 4. The van der Waals surface area contributed by atoms with Gasteiger partial charge in [0.25, 0.3) is 0 Å². The van der Waals surface area contributed by atoms with Gasteiger partial charge in [0.15, 0.2) is 0 Å². The summed E-state index contributed by atoms with van der Waals surface area (Å²) < 4.78 is 16.2. The normalized spacial score (nSPS) is 16.8. The van der Waals surface area contributed by atoms with Gasteiger partial charge in [-0.25, -0.2) is 0 Å². The molecule has 0 fully saturated rings. The lowest BCUT2D eigenvalue weighted by Crippen LogP contribution is -2.24. The fraction of sp³-hybridized carbons (Fsp3) is 0.800. The van der Waals surface area contributed by atoms with Crippen molar-refractivity contribution in [2.75, 3.05) is 0 Å². The third-order valence-electron chi connectivity index (χ3n) is 1.30. The van der Waals surface area contributed by atoms with Gasteiger partial charge in [-0.1, -0.05) is 44.9 Å². The van der Waals surface area contributed by atoms with Crippen LogP contribution in [0.15, 0.2) is 12.2 Å². The minimum absolute atomic E-state index is 0.829. The summed E-state index contributed by atoms with van der Waals surface area (Å²) in [6, 6.07) is 0.907. The molecule has 0 rings (SSSR count). The molecule has 0 saturated heterocycles. The van der Waals surface area contributed by atoms with Crippen LogP contribution in [0.1, 0.15) is 2.74 Å². The molecule has 0 radical (unpaired) electrons. The molecule has 0 atom stereocenters. The third kappa shape index (κ3) is 8.27. The van der Waals surface area contributed by atoms with E-state index in [1.165, 1.54) is 0 Å². The zero-order valence-corrected chi connectivity index (χ0v) is 11.4. The Morgan fingerprint density at radius 1 is 1.08 bits per heavy atom. The first-order valence-corrected chi connectivity index (χ1v) is 11.8. The van der Waals surface area contributed by atoms with E-state index in [1.807, 2.05) is 0 Å². The lowest BCUT2D eigenvalue weighted by molar-refractivity contribution is 1.28. The van der Waals surface area contributed by atoms with E-state index in [0.717, 1.165) is 11.6 Å². The van der Waals surface area contributed by atoms with Gasteiger partial charge < -0.3 is 0 Å². The topological polar surface area (TPSA) is 0 Å². The second-order valence-corrected chi connectivity index (χ2v) is 15.9. The van der Waals surface area contributed by atoms with E-state index in [9.17, 15) is 0 Å². The highest BCUT2D eigenvalue weighted by atomic mass is 28.3. The molecule has 0 amide bonds. The van der Waals surface area contributed by atoms with Gasteiger partial charge in [-0.3, -0.25) is 0 Å². The quantitative estimate of drug-likeness (QED) is 0.473. The monoisotopic (exact) mass is 202 g/mol. The maximum absolute atomic E-state index is 8.11. The van der Waals surface area contributed by atoms with Gasteiger partial charge in [-0.15, -0.1) is 6.58 Å². The molecule has 0 aliphatic carbocycles. The highest BCUT2D eigenvalue weighted by molar-refractivity contribution is 6.78. The van der Waals surface area contributed by atoms with E-state index in [1.54, 1.807) is 0 Å². The van der Waals surface area contributed by atoms with Gasteiger partial charge in [0.2, 0.25) is 0 Å². The highest BCUT2D eigenvalue weighted by Gasteiger charge is 2.19. The van der Waals surface area contributed by atoms with E-state index in [4.69, 9.17) is 2.74 Å². The van der Waals surface area contributed by atoms with Crippen molar-refractivity contribution in [2.24, 2.45) is 0 Å². The minimum Gasteiger partial charge on any atom is -0.100 e. The van der Waals surface area contributed by atoms with E-state index in [2.05, 4.69) is 45.9 Å². The Morgan fingerprint density at radius 3 is 1.75 bits per heavy atom. The number of hydrogen-bond donors (Lipinski definition) is 0. The predicted molar refractivity (Wildman–Crippen MR) is 65.4 cm³/mol. The number of hydrogen-bond acceptors (Lipinski definition) is 0. The zero-order chi connectivity index (χ0) is 11.8. The van der Waals surface area contributed by atoms with Gasteiger partial charge in [0, 0.05) is 18.9 Å². The van der Waals surface area contributed by atoms with Crippen LogP contribution < -0.4 is 0 Å². The van der Waals surface area contributed by atoms with Crippen LogP contribution >= 0.6 is 0 Å². The van der Waals surface area contributed by atoms with E-state index in [0.29, 0.717) is 0 Å². The SMILES string of the molecule is [2H]C([2H])(C(=C)C[Si](C)(C)C)[Si](C)(C)C. The summed E-state index contributed by atoms with van der Waals surface area (Å²) in [4.78, 5) is 0. The lowest BCUT2D eigenvalue weighted by Gasteiger charge is -2.22. The largest absolute Gasteiger partial charge is 0.100 e. The second kappa shape index (κ2) is 3.92. The van der Waals surface area contributed by atoms with Crippen LogP contribution in [0, 0.1) is 0 Å².